The monoisotopic (exact) mass is 164 g/mol. The number of halogens is 2. The molecule has 3 heteroatoms. The molecule has 0 nitrogen and oxygen atoms in total. The van der Waals surface area contributed by atoms with Gasteiger partial charge >= 0.3 is 48.5 Å². The summed E-state index contributed by atoms with van der Waals surface area (Å²) >= 11 is -3.61. The summed E-state index contributed by atoms with van der Waals surface area (Å²) in [7, 11) is 0. The first-order valence-corrected chi connectivity index (χ1v) is 5.95. The van der Waals surface area contributed by atoms with E-state index in [1.165, 1.54) is 0 Å². The minimum atomic E-state index is -3.61. The summed E-state index contributed by atoms with van der Waals surface area (Å²) in [5.74, 6) is 0.208. The van der Waals surface area contributed by atoms with Gasteiger partial charge in [0.15, 0.2) is 0 Å². The van der Waals surface area contributed by atoms with E-state index >= 15 is 0 Å². The van der Waals surface area contributed by atoms with Gasteiger partial charge in [-0.1, -0.05) is 0 Å². The molecule has 7 heavy (non-hydrogen) atoms. The first-order valence-electron chi connectivity index (χ1n) is 2.41. The molecule has 0 bridgehead atoms. The standard InChI is InChI=1S/C4H9.2FH.Ga/c1-4(2)3;;;/h4H,1H2,2-3H3;2*1H;/q;;;+2/p-2. The maximum absolute atomic E-state index is 11.5. The SMILES string of the molecule is CC(C)[CH2][Ga]([F])[F]. The zero-order valence-electron chi connectivity index (χ0n) is 4.62. The van der Waals surface area contributed by atoms with Gasteiger partial charge in [0.25, 0.3) is 0 Å². The molecule has 0 aromatic carbocycles. The average Bonchev–Trinajstić information content (AvgIpc) is 1.27. The maximum atomic E-state index is 11.5. The zero-order valence-corrected chi connectivity index (χ0v) is 7.04. The molecule has 0 amide bonds. The van der Waals surface area contributed by atoms with Gasteiger partial charge in [0.2, 0.25) is 0 Å². The Balaban J connectivity index is 2.95. The van der Waals surface area contributed by atoms with Gasteiger partial charge in [-0.2, -0.15) is 0 Å². The Morgan fingerprint density at radius 3 is 1.86 bits per heavy atom. The molecule has 0 aromatic heterocycles. The van der Waals surface area contributed by atoms with Gasteiger partial charge < -0.3 is 0 Å². The minimum absolute atomic E-state index is 0.208. The summed E-state index contributed by atoms with van der Waals surface area (Å²) < 4.78 is 22.9. The fraction of sp³-hybridized carbons (Fsp3) is 1.00. The van der Waals surface area contributed by atoms with Crippen molar-refractivity contribution in [1.29, 1.82) is 0 Å². The number of hydrogen-bond acceptors (Lipinski definition) is 0. The van der Waals surface area contributed by atoms with Crippen LogP contribution in [-0.4, -0.2) is 17.2 Å². The van der Waals surface area contributed by atoms with Gasteiger partial charge in [0.05, 0.1) is 0 Å². The molecular weight excluding hydrogens is 156 g/mol. The van der Waals surface area contributed by atoms with Crippen LogP contribution in [0.3, 0.4) is 0 Å². The Bertz CT molecular complexity index is 39.0. The van der Waals surface area contributed by atoms with E-state index in [0.29, 0.717) is 0 Å². The van der Waals surface area contributed by atoms with Crippen LogP contribution in [0.5, 0.6) is 0 Å². The fourth-order valence-electron chi connectivity index (χ4n) is 0.356. The third-order valence-corrected chi connectivity index (χ3v) is 3.38. The molecule has 0 N–H and O–H groups in total. The van der Waals surface area contributed by atoms with Crippen LogP contribution >= 0.6 is 0 Å². The van der Waals surface area contributed by atoms with Crippen LogP contribution in [0.2, 0.25) is 4.98 Å². The Labute approximate surface area is 49.1 Å². The van der Waals surface area contributed by atoms with Crippen molar-refractivity contribution < 1.29 is 6.57 Å². The predicted octanol–water partition coefficient (Wildman–Crippen LogP) is 2.07. The van der Waals surface area contributed by atoms with Gasteiger partial charge in [0.1, 0.15) is 0 Å². The van der Waals surface area contributed by atoms with Gasteiger partial charge in [-0.3, -0.25) is 0 Å². The van der Waals surface area contributed by atoms with Crippen molar-refractivity contribution in [1.82, 2.24) is 0 Å². The van der Waals surface area contributed by atoms with Crippen molar-refractivity contribution in [3.63, 3.8) is 0 Å². The molecule has 0 aliphatic carbocycles. The van der Waals surface area contributed by atoms with Gasteiger partial charge in [-0.25, -0.2) is 0 Å². The van der Waals surface area contributed by atoms with Crippen LogP contribution in [-0.2, 0) is 0 Å². The Morgan fingerprint density at radius 2 is 1.86 bits per heavy atom. The molecule has 0 spiro atoms. The Morgan fingerprint density at radius 1 is 1.43 bits per heavy atom. The van der Waals surface area contributed by atoms with Crippen LogP contribution in [0.1, 0.15) is 13.8 Å². The van der Waals surface area contributed by atoms with E-state index in [-0.39, 0.29) is 10.9 Å². The molecule has 0 aliphatic rings. The van der Waals surface area contributed by atoms with E-state index in [9.17, 15) is 6.57 Å². The van der Waals surface area contributed by atoms with E-state index in [1.807, 2.05) is 13.8 Å². The quantitative estimate of drug-likeness (QED) is 0.549. The molecule has 0 atom stereocenters. The second-order valence-electron chi connectivity index (χ2n) is 2.02. The molecule has 0 aromatic rings. The predicted molar refractivity (Wildman–Crippen MR) is 27.6 cm³/mol. The van der Waals surface area contributed by atoms with E-state index in [4.69, 9.17) is 0 Å². The summed E-state index contributed by atoms with van der Waals surface area (Å²) in [6.45, 7) is 3.66. The molecule has 0 fully saturated rings. The second kappa shape index (κ2) is 3.49. The summed E-state index contributed by atoms with van der Waals surface area (Å²) in [5, 5.41) is 0. The first-order chi connectivity index (χ1) is 3.13. The van der Waals surface area contributed by atoms with Crippen LogP contribution in [0.25, 0.3) is 0 Å². The van der Waals surface area contributed by atoms with Crippen molar-refractivity contribution in [3.8, 4) is 0 Å². The Kier molecular flexibility index (Phi) is 3.74. The fourth-order valence-corrected chi connectivity index (χ4v) is 1.85. The third kappa shape index (κ3) is 6.50. The molecule has 0 unspecified atom stereocenters. The van der Waals surface area contributed by atoms with E-state index in [2.05, 4.69) is 0 Å². The molecule has 0 saturated heterocycles. The van der Waals surface area contributed by atoms with Gasteiger partial charge in [0, 0.05) is 0 Å². The molecular formula is C4H9F2Ga. The molecule has 42 valence electrons. The summed E-state index contributed by atoms with van der Waals surface area (Å²) in [6.07, 6.45) is 0. The molecule has 0 rings (SSSR count). The van der Waals surface area contributed by atoms with Crippen molar-refractivity contribution in [2.24, 2.45) is 5.92 Å². The van der Waals surface area contributed by atoms with E-state index < -0.39 is 17.2 Å². The van der Waals surface area contributed by atoms with Crippen LogP contribution in [0.4, 0.5) is 6.57 Å². The van der Waals surface area contributed by atoms with Crippen LogP contribution in [0, 0.1) is 5.92 Å². The van der Waals surface area contributed by atoms with Gasteiger partial charge in [-0.05, 0) is 0 Å². The summed E-state index contributed by atoms with van der Waals surface area (Å²) in [6, 6.07) is 0. The summed E-state index contributed by atoms with van der Waals surface area (Å²) in [5.41, 5.74) is 0. The first kappa shape index (κ1) is 7.50. The average molecular weight is 165 g/mol. The zero-order chi connectivity index (χ0) is 5.86. The summed E-state index contributed by atoms with van der Waals surface area (Å²) in [4.78, 5) is 0.215. The second-order valence-corrected chi connectivity index (χ2v) is 4.65. The van der Waals surface area contributed by atoms with Crippen molar-refractivity contribution >= 4 is 17.2 Å². The molecule has 0 saturated carbocycles. The van der Waals surface area contributed by atoms with Crippen molar-refractivity contribution in [2.75, 3.05) is 0 Å². The third-order valence-electron chi connectivity index (χ3n) is 0.650. The topological polar surface area (TPSA) is 0 Å². The van der Waals surface area contributed by atoms with Crippen LogP contribution < -0.4 is 0 Å². The van der Waals surface area contributed by atoms with Crippen LogP contribution in [0.15, 0.2) is 0 Å². The van der Waals surface area contributed by atoms with E-state index in [1.54, 1.807) is 0 Å². The van der Waals surface area contributed by atoms with Crippen molar-refractivity contribution in [2.45, 2.75) is 18.8 Å². The number of rotatable bonds is 2. The molecule has 0 radical (unpaired) electrons. The Hall–Kier alpha value is 0.496. The normalized spacial score (nSPS) is 9.86. The van der Waals surface area contributed by atoms with Gasteiger partial charge in [-0.15, -0.1) is 0 Å². The van der Waals surface area contributed by atoms with Crippen molar-refractivity contribution in [3.05, 3.63) is 0 Å². The molecule has 0 heterocycles. The number of hydrogen-bond donors (Lipinski definition) is 0. The molecule has 0 aliphatic heterocycles. The van der Waals surface area contributed by atoms with E-state index in [0.717, 1.165) is 0 Å².